The van der Waals surface area contributed by atoms with Gasteiger partial charge in [-0.2, -0.15) is 0 Å². The van der Waals surface area contributed by atoms with E-state index in [0.717, 1.165) is 12.8 Å². The summed E-state index contributed by atoms with van der Waals surface area (Å²) < 4.78 is 10.2. The van der Waals surface area contributed by atoms with Crippen molar-refractivity contribution in [3.05, 3.63) is 0 Å². The van der Waals surface area contributed by atoms with E-state index in [-0.39, 0.29) is 12.2 Å². The summed E-state index contributed by atoms with van der Waals surface area (Å²) in [5, 5.41) is 8.62. The monoisotopic (exact) mass is 174 g/mol. The second-order valence-corrected chi connectivity index (χ2v) is 3.02. The first-order valence-corrected chi connectivity index (χ1v) is 4.17. The first-order chi connectivity index (χ1) is 5.63. The Morgan fingerprint density at radius 3 is 2.75 bits per heavy atom. The molecule has 0 bridgehead atoms. The molecular formula is C8H14O4. The summed E-state index contributed by atoms with van der Waals surface area (Å²) >= 11 is 0. The van der Waals surface area contributed by atoms with Gasteiger partial charge in [-0.15, -0.1) is 0 Å². The van der Waals surface area contributed by atoms with Crippen LogP contribution in [0.25, 0.3) is 0 Å². The Labute approximate surface area is 71.5 Å². The van der Waals surface area contributed by atoms with E-state index in [9.17, 15) is 4.79 Å². The summed E-state index contributed by atoms with van der Waals surface area (Å²) in [7, 11) is 0. The highest BCUT2D eigenvalue weighted by Gasteiger charge is 2.31. The van der Waals surface area contributed by atoms with E-state index in [1.54, 1.807) is 0 Å². The van der Waals surface area contributed by atoms with Gasteiger partial charge in [0, 0.05) is 0 Å². The van der Waals surface area contributed by atoms with Gasteiger partial charge in [0.25, 0.3) is 6.29 Å². The molecule has 1 heterocycles. The lowest BCUT2D eigenvalue weighted by Gasteiger charge is -2.31. The zero-order valence-electron chi connectivity index (χ0n) is 7.32. The molecule has 0 aromatic heterocycles. The van der Waals surface area contributed by atoms with Crippen molar-refractivity contribution in [3.8, 4) is 0 Å². The van der Waals surface area contributed by atoms with Crippen molar-refractivity contribution < 1.29 is 19.4 Å². The molecule has 70 valence electrons. The number of rotatable bonds is 2. The summed E-state index contributed by atoms with van der Waals surface area (Å²) in [6.45, 7) is 3.84. The maximum absolute atomic E-state index is 10.5. The molecule has 12 heavy (non-hydrogen) atoms. The second-order valence-electron chi connectivity index (χ2n) is 3.02. The fourth-order valence-corrected chi connectivity index (χ4v) is 1.28. The van der Waals surface area contributed by atoms with E-state index < -0.39 is 12.3 Å². The van der Waals surface area contributed by atoms with Crippen LogP contribution < -0.4 is 0 Å². The predicted molar refractivity (Wildman–Crippen MR) is 41.8 cm³/mol. The Kier molecular flexibility index (Phi) is 3.05. The van der Waals surface area contributed by atoms with Gasteiger partial charge in [0.1, 0.15) is 0 Å². The van der Waals surface area contributed by atoms with Crippen LogP contribution in [0, 0.1) is 0 Å². The van der Waals surface area contributed by atoms with Crippen LogP contribution in [0.3, 0.4) is 0 Å². The van der Waals surface area contributed by atoms with Gasteiger partial charge < -0.3 is 14.6 Å². The maximum atomic E-state index is 10.5. The molecule has 0 aliphatic carbocycles. The van der Waals surface area contributed by atoms with Gasteiger partial charge in [-0.05, 0) is 19.8 Å². The highest BCUT2D eigenvalue weighted by Crippen LogP contribution is 2.20. The molecule has 1 aliphatic heterocycles. The molecule has 1 rings (SSSR count). The zero-order chi connectivity index (χ0) is 9.14. The number of carboxylic acids is 1. The van der Waals surface area contributed by atoms with Crippen molar-refractivity contribution in [1.29, 1.82) is 0 Å². The SMILES string of the molecule is CCC1CC(C)OC(C(=O)O)O1. The largest absolute Gasteiger partial charge is 0.477 e. The quantitative estimate of drug-likeness (QED) is 0.678. The third-order valence-electron chi connectivity index (χ3n) is 1.92. The lowest BCUT2D eigenvalue weighted by molar-refractivity contribution is -0.243. The second kappa shape index (κ2) is 3.87. The zero-order valence-corrected chi connectivity index (χ0v) is 7.32. The Morgan fingerprint density at radius 2 is 2.25 bits per heavy atom. The molecule has 0 radical (unpaired) electrons. The molecule has 1 aliphatic rings. The average molecular weight is 174 g/mol. The molecular weight excluding hydrogens is 160 g/mol. The molecule has 3 atom stereocenters. The molecule has 1 N–H and O–H groups in total. The van der Waals surface area contributed by atoms with Crippen molar-refractivity contribution in [3.63, 3.8) is 0 Å². The molecule has 0 amide bonds. The van der Waals surface area contributed by atoms with E-state index in [0.29, 0.717) is 0 Å². The number of ether oxygens (including phenoxy) is 2. The molecule has 1 saturated heterocycles. The minimum Gasteiger partial charge on any atom is -0.477 e. The van der Waals surface area contributed by atoms with E-state index in [4.69, 9.17) is 14.6 Å². The Hall–Kier alpha value is -0.610. The van der Waals surface area contributed by atoms with Crippen molar-refractivity contribution >= 4 is 5.97 Å². The number of aliphatic carboxylic acids is 1. The fourth-order valence-electron chi connectivity index (χ4n) is 1.28. The molecule has 3 unspecified atom stereocenters. The van der Waals surface area contributed by atoms with E-state index in [1.165, 1.54) is 0 Å². The van der Waals surface area contributed by atoms with Crippen LogP contribution in [0.1, 0.15) is 26.7 Å². The molecule has 0 saturated carbocycles. The summed E-state index contributed by atoms with van der Waals surface area (Å²) in [6.07, 6.45) is 0.538. The first kappa shape index (κ1) is 9.48. The molecule has 0 aromatic carbocycles. The van der Waals surface area contributed by atoms with Gasteiger partial charge in [0.15, 0.2) is 0 Å². The Bertz CT molecular complexity index is 168. The highest BCUT2D eigenvalue weighted by atomic mass is 16.7. The van der Waals surface area contributed by atoms with E-state index in [2.05, 4.69) is 0 Å². The number of hydrogen-bond donors (Lipinski definition) is 1. The van der Waals surface area contributed by atoms with Gasteiger partial charge >= 0.3 is 5.97 Å². The van der Waals surface area contributed by atoms with Crippen LogP contribution in [0.2, 0.25) is 0 Å². The van der Waals surface area contributed by atoms with Gasteiger partial charge in [-0.25, -0.2) is 4.79 Å². The van der Waals surface area contributed by atoms with Crippen molar-refractivity contribution in [2.75, 3.05) is 0 Å². The molecule has 0 aromatic rings. The van der Waals surface area contributed by atoms with Crippen molar-refractivity contribution in [2.45, 2.75) is 45.2 Å². The third kappa shape index (κ3) is 2.19. The Morgan fingerprint density at radius 1 is 1.58 bits per heavy atom. The Balaban J connectivity index is 2.51. The van der Waals surface area contributed by atoms with Gasteiger partial charge in [0.2, 0.25) is 0 Å². The standard InChI is InChI=1S/C8H14O4/c1-3-6-4-5(2)11-8(12-6)7(9)10/h5-6,8H,3-4H2,1-2H3,(H,9,10). The minimum absolute atomic E-state index is 0.0230. The van der Waals surface area contributed by atoms with Crippen LogP contribution >= 0.6 is 0 Å². The van der Waals surface area contributed by atoms with Crippen molar-refractivity contribution in [2.24, 2.45) is 0 Å². The third-order valence-corrected chi connectivity index (χ3v) is 1.92. The van der Waals surface area contributed by atoms with Crippen LogP contribution in [-0.4, -0.2) is 29.6 Å². The summed E-state index contributed by atoms with van der Waals surface area (Å²) in [5.74, 6) is -1.04. The van der Waals surface area contributed by atoms with E-state index >= 15 is 0 Å². The first-order valence-electron chi connectivity index (χ1n) is 4.17. The maximum Gasteiger partial charge on any atom is 0.361 e. The average Bonchev–Trinajstić information content (AvgIpc) is 2.03. The van der Waals surface area contributed by atoms with E-state index in [1.807, 2.05) is 13.8 Å². The normalized spacial score (nSPS) is 36.3. The smallest absolute Gasteiger partial charge is 0.361 e. The molecule has 1 fully saturated rings. The summed E-state index contributed by atoms with van der Waals surface area (Å²) in [5.41, 5.74) is 0. The number of hydrogen-bond acceptors (Lipinski definition) is 3. The lowest BCUT2D eigenvalue weighted by Crippen LogP contribution is -2.41. The highest BCUT2D eigenvalue weighted by molar-refractivity contribution is 5.70. The predicted octanol–water partition coefficient (Wildman–Crippen LogP) is 1.00. The number of carbonyl (C=O) groups is 1. The number of carboxylic acid groups (broad SMARTS) is 1. The topological polar surface area (TPSA) is 55.8 Å². The lowest BCUT2D eigenvalue weighted by atomic mass is 10.1. The van der Waals surface area contributed by atoms with Gasteiger partial charge in [-0.3, -0.25) is 0 Å². The summed E-state index contributed by atoms with van der Waals surface area (Å²) in [4.78, 5) is 10.5. The van der Waals surface area contributed by atoms with Gasteiger partial charge in [0.05, 0.1) is 12.2 Å². The minimum atomic E-state index is -1.07. The van der Waals surface area contributed by atoms with Gasteiger partial charge in [-0.1, -0.05) is 6.92 Å². The summed E-state index contributed by atoms with van der Waals surface area (Å²) in [6, 6.07) is 0. The fraction of sp³-hybridized carbons (Fsp3) is 0.875. The van der Waals surface area contributed by atoms with Crippen molar-refractivity contribution in [1.82, 2.24) is 0 Å². The molecule has 4 heteroatoms. The van der Waals surface area contributed by atoms with Crippen LogP contribution in [0.4, 0.5) is 0 Å². The molecule has 4 nitrogen and oxygen atoms in total. The van der Waals surface area contributed by atoms with Crippen LogP contribution in [0.5, 0.6) is 0 Å². The van der Waals surface area contributed by atoms with Crippen LogP contribution in [0.15, 0.2) is 0 Å². The van der Waals surface area contributed by atoms with Crippen LogP contribution in [-0.2, 0) is 14.3 Å². The molecule has 0 spiro atoms.